The summed E-state index contributed by atoms with van der Waals surface area (Å²) in [5.74, 6) is -0.142. The molecular formula is C12H15N7O2. The predicted molar refractivity (Wildman–Crippen MR) is 74.9 cm³/mol. The van der Waals surface area contributed by atoms with Gasteiger partial charge in [-0.1, -0.05) is 12.1 Å². The van der Waals surface area contributed by atoms with Crippen LogP contribution in [0.25, 0.3) is 11.4 Å². The normalized spacial score (nSPS) is 10.2. The summed E-state index contributed by atoms with van der Waals surface area (Å²) in [5, 5.41) is 16.3. The van der Waals surface area contributed by atoms with E-state index in [-0.39, 0.29) is 24.9 Å². The number of hydrogen-bond acceptors (Lipinski definition) is 6. The number of nitrogens with zero attached hydrogens (tertiary/aromatic N) is 4. The highest BCUT2D eigenvalue weighted by molar-refractivity contribution is 5.95. The second-order valence-electron chi connectivity index (χ2n) is 4.24. The monoisotopic (exact) mass is 289 g/mol. The third kappa shape index (κ3) is 3.83. The number of rotatable bonds is 5. The molecule has 21 heavy (non-hydrogen) atoms. The van der Waals surface area contributed by atoms with Crippen molar-refractivity contribution in [1.82, 2.24) is 25.5 Å². The van der Waals surface area contributed by atoms with E-state index < -0.39 is 0 Å². The summed E-state index contributed by atoms with van der Waals surface area (Å²) < 4.78 is 1.53. The minimum Gasteiger partial charge on any atom is -0.346 e. The maximum absolute atomic E-state index is 11.7. The van der Waals surface area contributed by atoms with Crippen molar-refractivity contribution in [2.75, 3.05) is 18.4 Å². The molecule has 0 aliphatic heterocycles. The molecule has 0 atom stereocenters. The van der Waals surface area contributed by atoms with Crippen LogP contribution in [-0.2, 0) is 16.6 Å². The minimum absolute atomic E-state index is 0.133. The van der Waals surface area contributed by atoms with Crippen molar-refractivity contribution in [1.29, 1.82) is 0 Å². The van der Waals surface area contributed by atoms with Gasteiger partial charge in [0.05, 0.1) is 13.1 Å². The summed E-state index contributed by atoms with van der Waals surface area (Å²) in [6.07, 6.45) is 0. The highest BCUT2D eigenvalue weighted by atomic mass is 16.2. The third-order valence-corrected chi connectivity index (χ3v) is 2.66. The molecule has 0 spiro atoms. The molecule has 1 aromatic carbocycles. The molecule has 1 heterocycles. The van der Waals surface area contributed by atoms with E-state index in [2.05, 4.69) is 26.2 Å². The summed E-state index contributed by atoms with van der Waals surface area (Å²) in [7, 11) is 1.73. The lowest BCUT2D eigenvalue weighted by molar-refractivity contribution is -0.123. The van der Waals surface area contributed by atoms with Gasteiger partial charge in [-0.15, -0.1) is 5.10 Å². The number of hydrogen-bond donors (Lipinski definition) is 3. The average molecular weight is 289 g/mol. The molecule has 0 saturated heterocycles. The Labute approximate surface area is 120 Å². The number of nitrogens with one attached hydrogen (secondary N) is 2. The van der Waals surface area contributed by atoms with E-state index in [0.29, 0.717) is 11.5 Å². The van der Waals surface area contributed by atoms with Crippen molar-refractivity contribution in [3.63, 3.8) is 0 Å². The van der Waals surface area contributed by atoms with Crippen molar-refractivity contribution in [2.45, 2.75) is 0 Å². The van der Waals surface area contributed by atoms with Crippen LogP contribution in [0.2, 0.25) is 0 Å². The van der Waals surface area contributed by atoms with Crippen molar-refractivity contribution in [3.8, 4) is 11.4 Å². The van der Waals surface area contributed by atoms with Gasteiger partial charge in [-0.2, -0.15) is 0 Å². The van der Waals surface area contributed by atoms with Gasteiger partial charge in [-0.05, 0) is 22.6 Å². The first kappa shape index (κ1) is 14.6. The second kappa shape index (κ2) is 6.57. The first-order chi connectivity index (χ1) is 10.1. The second-order valence-corrected chi connectivity index (χ2v) is 4.24. The van der Waals surface area contributed by atoms with Crippen LogP contribution < -0.4 is 16.4 Å². The van der Waals surface area contributed by atoms with E-state index in [0.717, 1.165) is 5.56 Å². The number of nitrogens with two attached hydrogens (primary N) is 1. The fourth-order valence-corrected chi connectivity index (χ4v) is 1.67. The number of carbonyl (C=O) groups excluding carboxylic acids is 2. The molecule has 0 unspecified atom stereocenters. The Balaban J connectivity index is 2.03. The van der Waals surface area contributed by atoms with Crippen molar-refractivity contribution >= 4 is 17.5 Å². The lowest BCUT2D eigenvalue weighted by atomic mass is 10.2. The molecule has 0 radical (unpaired) electrons. The quantitative estimate of drug-likeness (QED) is 0.640. The fraction of sp³-hybridized carbons (Fsp3) is 0.250. The van der Waals surface area contributed by atoms with E-state index in [1.54, 1.807) is 25.2 Å². The molecule has 9 heteroatoms. The Morgan fingerprint density at radius 1 is 1.33 bits per heavy atom. The van der Waals surface area contributed by atoms with E-state index in [1.165, 1.54) is 4.68 Å². The standard InChI is InChI=1S/C12H15N7O2/c1-19-12(16-17-18-19)8-3-2-4-9(5-8)15-11(21)7-14-10(20)6-13/h2-5H,6-7,13H2,1H3,(H,14,20)(H,15,21). The number of anilines is 1. The number of aromatic nitrogens is 4. The Morgan fingerprint density at radius 3 is 2.81 bits per heavy atom. The Kier molecular flexibility index (Phi) is 4.57. The molecule has 9 nitrogen and oxygen atoms in total. The molecule has 0 bridgehead atoms. The average Bonchev–Trinajstić information content (AvgIpc) is 2.91. The van der Waals surface area contributed by atoms with E-state index in [9.17, 15) is 9.59 Å². The number of amides is 2. The summed E-state index contributed by atoms with van der Waals surface area (Å²) in [6, 6.07) is 7.08. The van der Waals surface area contributed by atoms with Gasteiger partial charge < -0.3 is 16.4 Å². The molecule has 2 amide bonds. The number of tetrazole rings is 1. The molecule has 0 fully saturated rings. The molecule has 0 aliphatic carbocycles. The summed E-state index contributed by atoms with van der Waals surface area (Å²) in [4.78, 5) is 22.7. The highest BCUT2D eigenvalue weighted by Gasteiger charge is 2.08. The first-order valence-electron chi connectivity index (χ1n) is 6.19. The van der Waals surface area contributed by atoms with Gasteiger partial charge in [0.1, 0.15) is 0 Å². The van der Waals surface area contributed by atoms with Gasteiger partial charge in [0, 0.05) is 18.3 Å². The summed E-state index contributed by atoms with van der Waals surface area (Å²) in [6.45, 7) is -0.284. The maximum Gasteiger partial charge on any atom is 0.243 e. The topological polar surface area (TPSA) is 128 Å². The number of benzene rings is 1. The highest BCUT2D eigenvalue weighted by Crippen LogP contribution is 2.19. The van der Waals surface area contributed by atoms with Crippen LogP contribution in [0.5, 0.6) is 0 Å². The van der Waals surface area contributed by atoms with Gasteiger partial charge >= 0.3 is 0 Å². The maximum atomic E-state index is 11.7. The summed E-state index contributed by atoms with van der Waals surface area (Å²) in [5.41, 5.74) is 6.49. The van der Waals surface area contributed by atoms with Gasteiger partial charge in [-0.25, -0.2) is 4.68 Å². The van der Waals surface area contributed by atoms with E-state index >= 15 is 0 Å². The predicted octanol–water partition coefficient (Wildman–Crippen LogP) is -1.11. The Morgan fingerprint density at radius 2 is 2.14 bits per heavy atom. The molecule has 0 aliphatic rings. The summed E-state index contributed by atoms with van der Waals surface area (Å²) >= 11 is 0. The van der Waals surface area contributed by atoms with Crippen molar-refractivity contribution < 1.29 is 9.59 Å². The zero-order chi connectivity index (χ0) is 15.2. The largest absolute Gasteiger partial charge is 0.346 e. The molecule has 2 rings (SSSR count). The van der Waals surface area contributed by atoms with Crippen LogP contribution in [0, 0.1) is 0 Å². The van der Waals surface area contributed by atoms with Gasteiger partial charge in [0.25, 0.3) is 0 Å². The van der Waals surface area contributed by atoms with Crippen molar-refractivity contribution in [3.05, 3.63) is 24.3 Å². The smallest absolute Gasteiger partial charge is 0.243 e. The van der Waals surface area contributed by atoms with Crippen LogP contribution in [0.15, 0.2) is 24.3 Å². The Bertz CT molecular complexity index is 653. The van der Waals surface area contributed by atoms with Crippen molar-refractivity contribution in [2.24, 2.45) is 12.8 Å². The molecule has 4 N–H and O–H groups in total. The molecule has 0 saturated carbocycles. The third-order valence-electron chi connectivity index (χ3n) is 2.66. The fourth-order valence-electron chi connectivity index (χ4n) is 1.67. The van der Waals surface area contributed by atoms with Crippen LogP contribution in [0.1, 0.15) is 0 Å². The van der Waals surface area contributed by atoms with E-state index in [4.69, 9.17) is 5.73 Å². The van der Waals surface area contributed by atoms with E-state index in [1.807, 2.05) is 6.07 Å². The van der Waals surface area contributed by atoms with Crippen LogP contribution >= 0.6 is 0 Å². The molecule has 2 aromatic rings. The van der Waals surface area contributed by atoms with Crippen LogP contribution in [0.3, 0.4) is 0 Å². The first-order valence-corrected chi connectivity index (χ1v) is 6.19. The van der Waals surface area contributed by atoms with Crippen LogP contribution in [0.4, 0.5) is 5.69 Å². The van der Waals surface area contributed by atoms with Gasteiger partial charge in [0.2, 0.25) is 11.8 Å². The lowest BCUT2D eigenvalue weighted by Crippen LogP contribution is -2.36. The van der Waals surface area contributed by atoms with Gasteiger partial charge in [-0.3, -0.25) is 9.59 Å². The minimum atomic E-state index is -0.385. The SMILES string of the molecule is Cn1nnnc1-c1cccc(NC(=O)CNC(=O)CN)c1. The molecular weight excluding hydrogens is 274 g/mol. The molecule has 1 aromatic heterocycles. The zero-order valence-corrected chi connectivity index (χ0v) is 11.4. The number of aryl methyl sites for hydroxylation is 1. The van der Waals surface area contributed by atoms with Gasteiger partial charge in [0.15, 0.2) is 5.82 Å². The number of carbonyl (C=O) groups is 2. The zero-order valence-electron chi connectivity index (χ0n) is 11.4. The Hall–Kier alpha value is -2.81. The van der Waals surface area contributed by atoms with Crippen LogP contribution in [-0.4, -0.2) is 45.1 Å². The molecule has 110 valence electrons. The lowest BCUT2D eigenvalue weighted by Gasteiger charge is -2.07.